The van der Waals surface area contributed by atoms with Crippen molar-refractivity contribution in [2.24, 2.45) is 12.2 Å². The Kier molecular flexibility index (Phi) is 2.44. The van der Waals surface area contributed by atoms with Crippen molar-refractivity contribution >= 4 is 10.0 Å². The van der Waals surface area contributed by atoms with E-state index in [4.69, 9.17) is 5.14 Å². The molecule has 0 bridgehead atoms. The van der Waals surface area contributed by atoms with Gasteiger partial charge in [-0.2, -0.15) is 4.80 Å². The molecule has 0 atom stereocenters. The average molecular weight is 239 g/mol. The molecule has 0 aliphatic rings. The van der Waals surface area contributed by atoms with Crippen LogP contribution in [0.1, 0.15) is 0 Å². The van der Waals surface area contributed by atoms with Crippen molar-refractivity contribution in [3.8, 4) is 11.4 Å². The molecule has 0 saturated carbocycles. The fourth-order valence-corrected chi connectivity index (χ4v) is 2.03. The molecule has 2 rings (SSSR count). The van der Waals surface area contributed by atoms with Crippen molar-refractivity contribution in [3.05, 3.63) is 24.3 Å². The number of nitrogens with zero attached hydrogens (tertiary/aromatic N) is 4. The summed E-state index contributed by atoms with van der Waals surface area (Å²) in [7, 11) is -2.20. The van der Waals surface area contributed by atoms with Crippen LogP contribution in [0.2, 0.25) is 0 Å². The third-order valence-corrected chi connectivity index (χ3v) is 2.91. The molecule has 0 unspecified atom stereocenters. The van der Waals surface area contributed by atoms with E-state index in [2.05, 4.69) is 15.4 Å². The summed E-state index contributed by atoms with van der Waals surface area (Å²) in [6.45, 7) is 0. The molecule has 16 heavy (non-hydrogen) atoms. The maximum atomic E-state index is 11.3. The number of rotatable bonds is 2. The molecular formula is C8H9N5O2S. The van der Waals surface area contributed by atoms with Gasteiger partial charge < -0.3 is 0 Å². The fourth-order valence-electron chi connectivity index (χ4n) is 1.29. The molecular weight excluding hydrogens is 230 g/mol. The van der Waals surface area contributed by atoms with Crippen molar-refractivity contribution in [1.82, 2.24) is 20.2 Å². The van der Waals surface area contributed by atoms with Crippen LogP contribution in [0.15, 0.2) is 29.2 Å². The molecule has 84 valence electrons. The topological polar surface area (TPSA) is 104 Å². The summed E-state index contributed by atoms with van der Waals surface area (Å²) in [5, 5.41) is 16.4. The van der Waals surface area contributed by atoms with Crippen LogP contribution < -0.4 is 5.14 Å². The summed E-state index contributed by atoms with van der Waals surface area (Å²) in [5.74, 6) is 0.229. The summed E-state index contributed by atoms with van der Waals surface area (Å²) in [4.78, 5) is 1.23. The van der Waals surface area contributed by atoms with E-state index in [1.807, 2.05) is 0 Å². The smallest absolute Gasteiger partial charge is 0.225 e. The van der Waals surface area contributed by atoms with Crippen molar-refractivity contribution in [2.75, 3.05) is 0 Å². The zero-order chi connectivity index (χ0) is 11.8. The summed E-state index contributed by atoms with van der Waals surface area (Å²) >= 11 is 0. The lowest BCUT2D eigenvalue weighted by Gasteiger charge is -2.02. The fraction of sp³-hybridized carbons (Fsp3) is 0.125. The Labute approximate surface area is 91.9 Å². The summed E-state index contributed by atoms with van der Waals surface area (Å²) in [5.41, 5.74) is 0.345. The van der Waals surface area contributed by atoms with E-state index in [1.54, 1.807) is 25.2 Å². The van der Waals surface area contributed by atoms with E-state index in [0.29, 0.717) is 5.56 Å². The van der Waals surface area contributed by atoms with Gasteiger partial charge in [0.25, 0.3) is 0 Å². The van der Waals surface area contributed by atoms with Crippen molar-refractivity contribution in [1.29, 1.82) is 0 Å². The van der Waals surface area contributed by atoms with Gasteiger partial charge in [-0.05, 0) is 17.3 Å². The zero-order valence-electron chi connectivity index (χ0n) is 8.40. The molecule has 0 aliphatic heterocycles. The highest BCUT2D eigenvalue weighted by molar-refractivity contribution is 7.89. The Hall–Kier alpha value is -1.80. The summed E-state index contributed by atoms with van der Waals surface area (Å²) < 4.78 is 22.7. The molecule has 0 spiro atoms. The van der Waals surface area contributed by atoms with Gasteiger partial charge in [0, 0.05) is 5.56 Å². The van der Waals surface area contributed by atoms with Gasteiger partial charge in [0.1, 0.15) is 0 Å². The largest absolute Gasteiger partial charge is 0.238 e. The van der Waals surface area contributed by atoms with E-state index < -0.39 is 10.0 Å². The average Bonchev–Trinajstić information content (AvgIpc) is 2.64. The third kappa shape index (κ3) is 1.92. The Morgan fingerprint density at radius 1 is 1.31 bits per heavy atom. The Morgan fingerprint density at radius 2 is 2.00 bits per heavy atom. The van der Waals surface area contributed by atoms with Crippen LogP contribution in [0.4, 0.5) is 0 Å². The molecule has 0 amide bonds. The van der Waals surface area contributed by atoms with Crippen LogP contribution in [0, 0.1) is 0 Å². The van der Waals surface area contributed by atoms with Gasteiger partial charge in [0.15, 0.2) is 0 Å². The monoisotopic (exact) mass is 239 g/mol. The SMILES string of the molecule is Cn1nnc(-c2ccccc2S(N)(=O)=O)n1. The van der Waals surface area contributed by atoms with Gasteiger partial charge in [-0.1, -0.05) is 12.1 Å². The molecule has 0 aliphatic carbocycles. The minimum absolute atomic E-state index is 0.0111. The van der Waals surface area contributed by atoms with Crippen LogP contribution >= 0.6 is 0 Å². The number of sulfonamides is 1. The highest BCUT2D eigenvalue weighted by Gasteiger charge is 2.17. The maximum Gasteiger partial charge on any atom is 0.238 e. The predicted molar refractivity (Wildman–Crippen MR) is 55.6 cm³/mol. The van der Waals surface area contributed by atoms with Crippen molar-refractivity contribution in [3.63, 3.8) is 0 Å². The van der Waals surface area contributed by atoms with Crippen molar-refractivity contribution < 1.29 is 8.42 Å². The summed E-state index contributed by atoms with van der Waals surface area (Å²) in [6.07, 6.45) is 0. The minimum Gasteiger partial charge on any atom is -0.225 e. The van der Waals surface area contributed by atoms with Crippen LogP contribution in [0.5, 0.6) is 0 Å². The molecule has 1 heterocycles. The molecule has 0 saturated heterocycles. The molecule has 0 radical (unpaired) electrons. The first kappa shape index (κ1) is 10.7. The van der Waals surface area contributed by atoms with Crippen LogP contribution in [-0.4, -0.2) is 28.6 Å². The lowest BCUT2D eigenvalue weighted by molar-refractivity contribution is 0.598. The number of hydrogen-bond acceptors (Lipinski definition) is 5. The molecule has 7 nitrogen and oxygen atoms in total. The number of primary sulfonamides is 1. The summed E-state index contributed by atoms with van der Waals surface area (Å²) in [6, 6.07) is 6.25. The van der Waals surface area contributed by atoms with Crippen molar-refractivity contribution in [2.45, 2.75) is 4.90 Å². The standard InChI is InChI=1S/C8H9N5O2S/c1-13-11-8(10-12-13)6-4-2-3-5-7(6)16(9,14)15/h2-5H,1H3,(H2,9,14,15). The van der Waals surface area contributed by atoms with E-state index in [9.17, 15) is 8.42 Å². The second-order valence-corrected chi connectivity index (χ2v) is 4.67. The van der Waals surface area contributed by atoms with Gasteiger partial charge in [-0.25, -0.2) is 13.6 Å². The predicted octanol–water partition coefficient (Wildman–Crippen LogP) is -0.475. The van der Waals surface area contributed by atoms with Gasteiger partial charge in [-0.15, -0.1) is 10.2 Å². The van der Waals surface area contributed by atoms with Gasteiger partial charge >= 0.3 is 0 Å². The molecule has 1 aromatic carbocycles. The Bertz CT molecular complexity index is 619. The minimum atomic E-state index is -3.79. The lowest BCUT2D eigenvalue weighted by atomic mass is 10.2. The second kappa shape index (κ2) is 3.65. The van der Waals surface area contributed by atoms with Crippen LogP contribution in [-0.2, 0) is 17.1 Å². The number of hydrogen-bond donors (Lipinski definition) is 1. The number of aryl methyl sites for hydroxylation is 1. The first-order chi connectivity index (χ1) is 7.48. The molecule has 2 aromatic rings. The number of aromatic nitrogens is 4. The molecule has 0 fully saturated rings. The number of benzene rings is 1. The number of nitrogens with two attached hydrogens (primary N) is 1. The third-order valence-electron chi connectivity index (χ3n) is 1.94. The zero-order valence-corrected chi connectivity index (χ0v) is 9.22. The lowest BCUT2D eigenvalue weighted by Crippen LogP contribution is -2.13. The van der Waals surface area contributed by atoms with Gasteiger partial charge in [-0.3, -0.25) is 0 Å². The Morgan fingerprint density at radius 3 is 2.56 bits per heavy atom. The van der Waals surface area contributed by atoms with E-state index in [0.717, 1.165) is 0 Å². The van der Waals surface area contributed by atoms with Crippen LogP contribution in [0.3, 0.4) is 0 Å². The second-order valence-electron chi connectivity index (χ2n) is 3.14. The Balaban J connectivity index is 2.66. The normalized spacial score (nSPS) is 11.6. The highest BCUT2D eigenvalue weighted by Crippen LogP contribution is 2.22. The van der Waals surface area contributed by atoms with E-state index in [-0.39, 0.29) is 10.7 Å². The van der Waals surface area contributed by atoms with Gasteiger partial charge in [0.05, 0.1) is 11.9 Å². The first-order valence-electron chi connectivity index (χ1n) is 4.34. The van der Waals surface area contributed by atoms with E-state index in [1.165, 1.54) is 10.9 Å². The molecule has 8 heteroatoms. The molecule has 2 N–H and O–H groups in total. The molecule has 1 aromatic heterocycles. The highest BCUT2D eigenvalue weighted by atomic mass is 32.2. The van der Waals surface area contributed by atoms with Crippen LogP contribution in [0.25, 0.3) is 11.4 Å². The quantitative estimate of drug-likeness (QED) is 0.762. The van der Waals surface area contributed by atoms with E-state index >= 15 is 0 Å². The first-order valence-corrected chi connectivity index (χ1v) is 5.89. The maximum absolute atomic E-state index is 11.3. The van der Waals surface area contributed by atoms with Gasteiger partial charge in [0.2, 0.25) is 15.8 Å². The number of tetrazole rings is 1.